The van der Waals surface area contributed by atoms with Gasteiger partial charge in [-0.15, -0.1) is 0 Å². The number of benzene rings is 1. The molecule has 0 bridgehead atoms. The highest BCUT2D eigenvalue weighted by Gasteiger charge is 2.40. The molecule has 0 saturated carbocycles. The van der Waals surface area contributed by atoms with Crippen LogP contribution < -0.4 is 5.32 Å². The van der Waals surface area contributed by atoms with Gasteiger partial charge in [-0.1, -0.05) is 6.07 Å². The predicted molar refractivity (Wildman–Crippen MR) is 78.5 cm³/mol. The van der Waals surface area contributed by atoms with Crippen LogP contribution in [0, 0.1) is 11.6 Å². The molecule has 0 aromatic heterocycles. The van der Waals surface area contributed by atoms with Gasteiger partial charge in [-0.3, -0.25) is 4.79 Å². The fourth-order valence-corrected chi connectivity index (χ4v) is 2.99. The number of hydrogen-bond donors (Lipinski definition) is 1. The van der Waals surface area contributed by atoms with E-state index >= 15 is 0 Å². The van der Waals surface area contributed by atoms with E-state index in [4.69, 9.17) is 9.47 Å². The van der Waals surface area contributed by atoms with Crippen molar-refractivity contribution in [1.29, 1.82) is 0 Å². The average Bonchev–Trinajstić information content (AvgIpc) is 2.99. The maximum Gasteiger partial charge on any atom is 0.236 e. The van der Waals surface area contributed by atoms with Crippen LogP contribution in [-0.4, -0.2) is 49.4 Å². The molecule has 2 aliphatic rings. The van der Waals surface area contributed by atoms with Crippen LogP contribution in [0.1, 0.15) is 18.4 Å². The molecule has 2 aliphatic heterocycles. The van der Waals surface area contributed by atoms with Gasteiger partial charge in [0, 0.05) is 38.0 Å². The molecule has 0 atom stereocenters. The molecule has 1 N–H and O–H groups in total. The Morgan fingerprint density at radius 1 is 1.17 bits per heavy atom. The van der Waals surface area contributed by atoms with E-state index in [9.17, 15) is 13.6 Å². The number of amides is 1. The van der Waals surface area contributed by atoms with Crippen LogP contribution >= 0.6 is 0 Å². The van der Waals surface area contributed by atoms with E-state index in [1.54, 1.807) is 4.90 Å². The molecule has 2 heterocycles. The Kier molecular flexibility index (Phi) is 4.89. The van der Waals surface area contributed by atoms with Crippen LogP contribution in [0.3, 0.4) is 0 Å². The molecule has 3 rings (SSSR count). The summed E-state index contributed by atoms with van der Waals surface area (Å²) in [6.45, 7) is 2.35. The number of ether oxygens (including phenoxy) is 2. The van der Waals surface area contributed by atoms with Crippen molar-refractivity contribution >= 4 is 5.91 Å². The largest absolute Gasteiger partial charge is 0.347 e. The Bertz CT molecular complexity index is 546. The minimum Gasteiger partial charge on any atom is -0.347 e. The molecule has 7 heteroatoms. The summed E-state index contributed by atoms with van der Waals surface area (Å²) in [5, 5.41) is 2.81. The third-order valence-corrected chi connectivity index (χ3v) is 4.33. The fourth-order valence-electron chi connectivity index (χ4n) is 2.99. The molecule has 2 fully saturated rings. The lowest BCUT2D eigenvalue weighted by molar-refractivity contribution is -0.187. The zero-order chi connectivity index (χ0) is 16.3. The molecule has 23 heavy (non-hydrogen) atoms. The molecule has 1 aromatic carbocycles. The second kappa shape index (κ2) is 6.90. The van der Waals surface area contributed by atoms with Crippen LogP contribution in [0.15, 0.2) is 18.2 Å². The summed E-state index contributed by atoms with van der Waals surface area (Å²) in [4.78, 5) is 13.9. The van der Waals surface area contributed by atoms with Crippen molar-refractivity contribution in [3.63, 3.8) is 0 Å². The van der Waals surface area contributed by atoms with Crippen LogP contribution in [0.2, 0.25) is 0 Å². The Hall–Kier alpha value is -1.57. The summed E-state index contributed by atoms with van der Waals surface area (Å²) in [6, 6.07) is 3.72. The first-order chi connectivity index (χ1) is 11.1. The molecule has 2 saturated heterocycles. The molecule has 0 aliphatic carbocycles. The maximum absolute atomic E-state index is 13.5. The van der Waals surface area contributed by atoms with Gasteiger partial charge in [-0.05, 0) is 12.1 Å². The van der Waals surface area contributed by atoms with Gasteiger partial charge in [0.05, 0.1) is 19.8 Å². The van der Waals surface area contributed by atoms with Crippen LogP contribution in [-0.2, 0) is 20.8 Å². The summed E-state index contributed by atoms with van der Waals surface area (Å²) < 4.78 is 38.2. The number of piperidine rings is 1. The second-order valence-corrected chi connectivity index (χ2v) is 5.79. The first-order valence-electron chi connectivity index (χ1n) is 7.79. The average molecular weight is 326 g/mol. The molecule has 126 valence electrons. The van der Waals surface area contributed by atoms with Gasteiger partial charge in [-0.2, -0.15) is 0 Å². The third kappa shape index (κ3) is 3.68. The lowest BCUT2D eigenvalue weighted by Gasteiger charge is -2.37. The highest BCUT2D eigenvalue weighted by atomic mass is 19.1. The molecular weight excluding hydrogens is 306 g/mol. The van der Waals surface area contributed by atoms with Gasteiger partial charge in [-0.25, -0.2) is 8.78 Å². The van der Waals surface area contributed by atoms with E-state index in [1.165, 1.54) is 18.2 Å². The Morgan fingerprint density at radius 3 is 2.39 bits per heavy atom. The number of carbonyl (C=O) groups is 1. The molecule has 0 radical (unpaired) electrons. The number of likely N-dealkylation sites (tertiary alicyclic amines) is 1. The van der Waals surface area contributed by atoms with Crippen molar-refractivity contribution in [2.45, 2.75) is 25.2 Å². The van der Waals surface area contributed by atoms with Gasteiger partial charge in [0.25, 0.3) is 0 Å². The summed E-state index contributed by atoms with van der Waals surface area (Å²) in [7, 11) is 0. The number of carbonyl (C=O) groups excluding carboxylic acids is 1. The normalized spacial score (nSPS) is 20.2. The summed E-state index contributed by atoms with van der Waals surface area (Å²) in [5.41, 5.74) is -0.0503. The molecule has 1 aromatic rings. The topological polar surface area (TPSA) is 50.8 Å². The van der Waals surface area contributed by atoms with Crippen molar-refractivity contribution in [1.82, 2.24) is 10.2 Å². The summed E-state index contributed by atoms with van der Waals surface area (Å²) in [6.07, 6.45) is 1.31. The maximum atomic E-state index is 13.5. The van der Waals surface area contributed by atoms with Crippen LogP contribution in [0.4, 0.5) is 8.78 Å². The van der Waals surface area contributed by atoms with Gasteiger partial charge in [0.2, 0.25) is 5.91 Å². The lowest BCUT2D eigenvalue weighted by atomic mass is 10.0. The van der Waals surface area contributed by atoms with E-state index in [-0.39, 0.29) is 24.6 Å². The Labute approximate surface area is 133 Å². The minimum absolute atomic E-state index is 0.0196. The van der Waals surface area contributed by atoms with Gasteiger partial charge >= 0.3 is 0 Å². The monoisotopic (exact) mass is 326 g/mol. The molecule has 1 amide bonds. The van der Waals surface area contributed by atoms with Gasteiger partial charge in [0.1, 0.15) is 11.6 Å². The quantitative estimate of drug-likeness (QED) is 0.909. The first-order valence-corrected chi connectivity index (χ1v) is 7.79. The van der Waals surface area contributed by atoms with Crippen molar-refractivity contribution in [2.24, 2.45) is 0 Å². The zero-order valence-electron chi connectivity index (χ0n) is 12.8. The summed E-state index contributed by atoms with van der Waals surface area (Å²) in [5.74, 6) is -1.82. The zero-order valence-corrected chi connectivity index (χ0v) is 12.8. The van der Waals surface area contributed by atoms with Crippen molar-refractivity contribution < 1.29 is 23.0 Å². The number of hydrogen-bond acceptors (Lipinski definition) is 4. The third-order valence-electron chi connectivity index (χ3n) is 4.33. The highest BCUT2D eigenvalue weighted by molar-refractivity contribution is 5.78. The van der Waals surface area contributed by atoms with Crippen molar-refractivity contribution in [2.75, 3.05) is 32.8 Å². The number of nitrogens with one attached hydrogen (secondary N) is 1. The number of rotatable bonds is 4. The van der Waals surface area contributed by atoms with Crippen molar-refractivity contribution in [3.8, 4) is 0 Å². The first kappa shape index (κ1) is 16.3. The van der Waals surface area contributed by atoms with Crippen LogP contribution in [0.25, 0.3) is 0 Å². The second-order valence-electron chi connectivity index (χ2n) is 5.79. The minimum atomic E-state index is -0.611. The van der Waals surface area contributed by atoms with E-state index in [0.717, 1.165) is 0 Å². The van der Waals surface area contributed by atoms with E-state index < -0.39 is 17.4 Å². The van der Waals surface area contributed by atoms with Crippen molar-refractivity contribution in [3.05, 3.63) is 35.4 Å². The van der Waals surface area contributed by atoms with Gasteiger partial charge in [0.15, 0.2) is 5.79 Å². The van der Waals surface area contributed by atoms with Gasteiger partial charge < -0.3 is 19.7 Å². The predicted octanol–water partition coefficient (Wildman–Crippen LogP) is 1.42. The number of nitrogens with zero attached hydrogens (tertiary/aromatic N) is 1. The Morgan fingerprint density at radius 2 is 1.78 bits per heavy atom. The highest BCUT2D eigenvalue weighted by Crippen LogP contribution is 2.31. The number of halogens is 2. The molecule has 5 nitrogen and oxygen atoms in total. The van der Waals surface area contributed by atoms with E-state index in [2.05, 4.69) is 5.32 Å². The smallest absolute Gasteiger partial charge is 0.236 e. The molecule has 0 unspecified atom stereocenters. The Balaban J connectivity index is 1.45. The SMILES string of the molecule is O=C(CNCc1c(F)cccc1F)N1CCC2(CC1)OCCO2. The van der Waals surface area contributed by atoms with E-state index in [0.29, 0.717) is 39.1 Å². The summed E-state index contributed by atoms with van der Waals surface area (Å²) >= 11 is 0. The fraction of sp³-hybridized carbons (Fsp3) is 0.562. The molecular formula is C16H20F2N2O3. The van der Waals surface area contributed by atoms with Crippen LogP contribution in [0.5, 0.6) is 0 Å². The van der Waals surface area contributed by atoms with E-state index in [1.807, 2.05) is 0 Å². The molecule has 1 spiro atoms. The standard InChI is InChI=1S/C16H20F2N2O3/c17-13-2-1-3-14(18)12(13)10-19-11-15(21)20-6-4-16(5-7-20)22-8-9-23-16/h1-3,19H,4-11H2. The lowest BCUT2D eigenvalue weighted by Crippen LogP contribution is -2.49.